The fourth-order valence-corrected chi connectivity index (χ4v) is 4.16. The molecule has 36 heavy (non-hydrogen) atoms. The molecule has 1 saturated carbocycles. The van der Waals surface area contributed by atoms with Gasteiger partial charge in [0.1, 0.15) is 23.7 Å². The SMILES string of the molecule is Cc1nc(-c2nnn(C)c2COC(=O)N(C)Cc2cnccn2)ccc1O[C@H]1CCC[C@H](C(=O)O)C1. The highest BCUT2D eigenvalue weighted by Crippen LogP contribution is 2.30. The Kier molecular flexibility index (Phi) is 7.71. The van der Waals surface area contributed by atoms with Gasteiger partial charge in [0.05, 0.1) is 41.8 Å². The first-order valence-corrected chi connectivity index (χ1v) is 11.7. The average Bonchev–Trinajstić information content (AvgIpc) is 3.24. The molecule has 12 heteroatoms. The Morgan fingerprint density at radius 2 is 2.08 bits per heavy atom. The summed E-state index contributed by atoms with van der Waals surface area (Å²) in [4.78, 5) is 38.0. The van der Waals surface area contributed by atoms with E-state index in [9.17, 15) is 14.7 Å². The number of aromatic nitrogens is 6. The summed E-state index contributed by atoms with van der Waals surface area (Å²) in [6, 6.07) is 3.58. The summed E-state index contributed by atoms with van der Waals surface area (Å²) < 4.78 is 13.1. The van der Waals surface area contributed by atoms with Gasteiger partial charge in [0.15, 0.2) is 0 Å². The number of pyridine rings is 1. The molecule has 4 rings (SSSR count). The summed E-state index contributed by atoms with van der Waals surface area (Å²) >= 11 is 0. The van der Waals surface area contributed by atoms with Gasteiger partial charge in [0.2, 0.25) is 0 Å². The topological polar surface area (TPSA) is 145 Å². The van der Waals surface area contributed by atoms with Crippen molar-refractivity contribution in [2.24, 2.45) is 13.0 Å². The molecule has 3 aromatic heterocycles. The Morgan fingerprint density at radius 3 is 2.81 bits per heavy atom. The number of carbonyl (C=O) groups is 2. The predicted octanol–water partition coefficient (Wildman–Crippen LogP) is 2.77. The van der Waals surface area contributed by atoms with Gasteiger partial charge in [0.25, 0.3) is 0 Å². The van der Waals surface area contributed by atoms with Crippen LogP contribution in [-0.2, 0) is 29.7 Å². The Morgan fingerprint density at radius 1 is 1.25 bits per heavy atom. The molecular formula is C24H29N7O5. The maximum absolute atomic E-state index is 12.5. The largest absolute Gasteiger partial charge is 0.489 e. The van der Waals surface area contributed by atoms with Gasteiger partial charge in [-0.3, -0.25) is 14.8 Å². The maximum Gasteiger partial charge on any atom is 0.410 e. The molecule has 1 aliphatic rings. The minimum absolute atomic E-state index is 0.0416. The van der Waals surface area contributed by atoms with Crippen LogP contribution in [-0.4, -0.2) is 65.2 Å². The number of hydrogen-bond donors (Lipinski definition) is 1. The van der Waals surface area contributed by atoms with E-state index in [4.69, 9.17) is 9.47 Å². The number of carboxylic acids is 1. The van der Waals surface area contributed by atoms with Crippen molar-refractivity contribution in [2.45, 2.75) is 51.9 Å². The zero-order valence-electron chi connectivity index (χ0n) is 20.5. The van der Waals surface area contributed by atoms with Crippen LogP contribution in [0.1, 0.15) is 42.8 Å². The van der Waals surface area contributed by atoms with E-state index in [1.165, 1.54) is 4.90 Å². The molecule has 1 N–H and O–H groups in total. The van der Waals surface area contributed by atoms with Crippen LogP contribution in [0.4, 0.5) is 4.79 Å². The molecule has 3 heterocycles. The smallest absolute Gasteiger partial charge is 0.410 e. The van der Waals surface area contributed by atoms with Crippen molar-refractivity contribution in [3.05, 3.63) is 47.8 Å². The Bertz CT molecular complexity index is 1220. The molecule has 0 aromatic carbocycles. The molecule has 0 unspecified atom stereocenters. The van der Waals surface area contributed by atoms with Crippen molar-refractivity contribution >= 4 is 12.1 Å². The van der Waals surface area contributed by atoms with E-state index >= 15 is 0 Å². The fraction of sp³-hybridized carbons (Fsp3) is 0.458. The van der Waals surface area contributed by atoms with Crippen LogP contribution in [0.5, 0.6) is 5.75 Å². The van der Waals surface area contributed by atoms with E-state index in [-0.39, 0.29) is 25.2 Å². The highest BCUT2D eigenvalue weighted by atomic mass is 16.6. The van der Waals surface area contributed by atoms with Gasteiger partial charge in [-0.15, -0.1) is 5.10 Å². The molecule has 3 aromatic rings. The van der Waals surface area contributed by atoms with Crippen molar-refractivity contribution in [2.75, 3.05) is 7.05 Å². The summed E-state index contributed by atoms with van der Waals surface area (Å²) in [6.45, 7) is 2.05. The number of aliphatic carboxylic acids is 1. The van der Waals surface area contributed by atoms with Gasteiger partial charge in [-0.25, -0.2) is 14.5 Å². The van der Waals surface area contributed by atoms with Crippen molar-refractivity contribution in [3.63, 3.8) is 0 Å². The van der Waals surface area contributed by atoms with Gasteiger partial charge >= 0.3 is 12.1 Å². The first-order chi connectivity index (χ1) is 17.3. The highest BCUT2D eigenvalue weighted by molar-refractivity contribution is 5.70. The van der Waals surface area contributed by atoms with Gasteiger partial charge in [-0.05, 0) is 44.7 Å². The molecule has 190 valence electrons. The third-order valence-corrected chi connectivity index (χ3v) is 6.15. The van der Waals surface area contributed by atoms with Crippen LogP contribution in [0.2, 0.25) is 0 Å². The number of rotatable bonds is 8. The number of nitrogens with zero attached hydrogens (tertiary/aromatic N) is 7. The number of amides is 1. The lowest BCUT2D eigenvalue weighted by Gasteiger charge is -2.27. The van der Waals surface area contributed by atoms with Crippen LogP contribution in [0, 0.1) is 12.8 Å². The molecule has 1 fully saturated rings. The molecule has 1 aliphatic carbocycles. The molecule has 0 saturated heterocycles. The normalized spacial score (nSPS) is 17.4. The fourth-order valence-electron chi connectivity index (χ4n) is 4.16. The zero-order valence-corrected chi connectivity index (χ0v) is 20.5. The maximum atomic E-state index is 12.5. The first-order valence-electron chi connectivity index (χ1n) is 11.7. The molecule has 0 aliphatic heterocycles. The van der Waals surface area contributed by atoms with Crippen molar-refractivity contribution < 1.29 is 24.2 Å². The molecular weight excluding hydrogens is 466 g/mol. The summed E-state index contributed by atoms with van der Waals surface area (Å²) in [6.07, 6.45) is 6.85. The molecule has 0 bridgehead atoms. The van der Waals surface area contributed by atoms with E-state index in [1.54, 1.807) is 49.5 Å². The second kappa shape index (κ2) is 11.1. The Balaban J connectivity index is 1.41. The monoisotopic (exact) mass is 495 g/mol. The zero-order chi connectivity index (χ0) is 25.7. The number of carbonyl (C=O) groups excluding carboxylic acids is 1. The van der Waals surface area contributed by atoms with E-state index in [1.807, 2.05) is 6.92 Å². The second-order valence-corrected chi connectivity index (χ2v) is 8.84. The van der Waals surface area contributed by atoms with E-state index < -0.39 is 12.1 Å². The standard InChI is InChI=1S/C24H29N7O5/c1-15-21(36-18-6-4-5-16(11-18)23(32)33)8-7-19(27-15)22-20(31(3)29-28-22)14-35-24(34)30(2)13-17-12-25-9-10-26-17/h7-10,12,16,18H,4-6,11,13-14H2,1-3H3,(H,32,33)/t16-,18-/m0/s1. The second-order valence-electron chi connectivity index (χ2n) is 8.84. The summed E-state index contributed by atoms with van der Waals surface area (Å²) in [5, 5.41) is 17.6. The molecule has 12 nitrogen and oxygen atoms in total. The summed E-state index contributed by atoms with van der Waals surface area (Å²) in [7, 11) is 3.34. The Labute approximate surface area is 208 Å². The number of hydrogen-bond acceptors (Lipinski definition) is 9. The summed E-state index contributed by atoms with van der Waals surface area (Å²) in [5.74, 6) is -0.539. The van der Waals surface area contributed by atoms with Crippen molar-refractivity contribution in [3.8, 4) is 17.1 Å². The predicted molar refractivity (Wildman–Crippen MR) is 127 cm³/mol. The highest BCUT2D eigenvalue weighted by Gasteiger charge is 2.28. The van der Waals surface area contributed by atoms with E-state index in [2.05, 4.69) is 25.3 Å². The molecule has 2 atom stereocenters. The van der Waals surface area contributed by atoms with Crippen LogP contribution in [0.25, 0.3) is 11.4 Å². The van der Waals surface area contributed by atoms with Gasteiger partial charge < -0.3 is 19.5 Å². The molecule has 0 radical (unpaired) electrons. The van der Waals surface area contributed by atoms with Gasteiger partial charge in [-0.2, -0.15) is 0 Å². The Hall–Kier alpha value is -4.09. The first kappa shape index (κ1) is 25.0. The molecule has 1 amide bonds. The minimum Gasteiger partial charge on any atom is -0.489 e. The number of ether oxygens (including phenoxy) is 2. The van der Waals surface area contributed by atoms with Crippen molar-refractivity contribution in [1.29, 1.82) is 0 Å². The van der Waals surface area contributed by atoms with Crippen LogP contribution in [0.3, 0.4) is 0 Å². The van der Waals surface area contributed by atoms with Gasteiger partial charge in [-0.1, -0.05) is 5.21 Å². The lowest BCUT2D eigenvalue weighted by molar-refractivity contribution is -0.143. The minimum atomic E-state index is -0.774. The third-order valence-electron chi connectivity index (χ3n) is 6.15. The number of aryl methyl sites for hydroxylation is 2. The van der Waals surface area contributed by atoms with Crippen LogP contribution < -0.4 is 4.74 Å². The average molecular weight is 496 g/mol. The van der Waals surface area contributed by atoms with E-state index in [0.717, 1.165) is 12.8 Å². The number of carboxylic acid groups (broad SMARTS) is 1. The quantitative estimate of drug-likeness (QED) is 0.495. The van der Waals surface area contributed by atoms with Gasteiger partial charge in [0, 0.05) is 26.5 Å². The summed E-state index contributed by atoms with van der Waals surface area (Å²) in [5.41, 5.74) is 2.96. The van der Waals surface area contributed by atoms with Crippen molar-refractivity contribution in [1.82, 2.24) is 34.8 Å². The molecule has 0 spiro atoms. The lowest BCUT2D eigenvalue weighted by Crippen LogP contribution is -2.29. The third kappa shape index (κ3) is 5.93. The van der Waals surface area contributed by atoms with E-state index in [0.29, 0.717) is 47.1 Å². The van der Waals surface area contributed by atoms with Crippen LogP contribution in [0.15, 0.2) is 30.7 Å². The lowest BCUT2D eigenvalue weighted by atomic mass is 9.87. The van der Waals surface area contributed by atoms with Crippen LogP contribution >= 0.6 is 0 Å².